The van der Waals surface area contributed by atoms with E-state index in [4.69, 9.17) is 4.42 Å². The van der Waals surface area contributed by atoms with Crippen molar-refractivity contribution >= 4 is 17.2 Å². The summed E-state index contributed by atoms with van der Waals surface area (Å²) in [4.78, 5) is 22.2. The molecule has 1 saturated heterocycles. The molecular formula is C21H21F2N3O2S. The van der Waals surface area contributed by atoms with Gasteiger partial charge in [0.15, 0.2) is 11.7 Å². The van der Waals surface area contributed by atoms with Crippen molar-refractivity contribution in [2.24, 2.45) is 0 Å². The van der Waals surface area contributed by atoms with E-state index >= 15 is 0 Å². The lowest BCUT2D eigenvalue weighted by atomic mass is 10.2. The Hall–Kier alpha value is -2.58. The van der Waals surface area contributed by atoms with Crippen LogP contribution in [-0.4, -0.2) is 46.9 Å². The van der Waals surface area contributed by atoms with Gasteiger partial charge in [0.05, 0.1) is 11.8 Å². The van der Waals surface area contributed by atoms with Gasteiger partial charge in [-0.3, -0.25) is 9.69 Å². The Morgan fingerprint density at radius 2 is 2.00 bits per heavy atom. The first-order valence-corrected chi connectivity index (χ1v) is 10.4. The monoisotopic (exact) mass is 417 g/mol. The maximum absolute atomic E-state index is 13.9. The number of nitrogens with zero attached hydrogens (tertiary/aromatic N) is 3. The van der Waals surface area contributed by atoms with Crippen molar-refractivity contribution in [2.75, 3.05) is 26.2 Å². The Balaban J connectivity index is 1.26. The maximum Gasteiger partial charge on any atom is 0.223 e. The van der Waals surface area contributed by atoms with Crippen molar-refractivity contribution < 1.29 is 18.0 Å². The number of amides is 1. The van der Waals surface area contributed by atoms with Crippen molar-refractivity contribution in [3.63, 3.8) is 0 Å². The van der Waals surface area contributed by atoms with Gasteiger partial charge in [-0.1, -0.05) is 6.07 Å². The number of carbonyl (C=O) groups is 1. The third-order valence-electron chi connectivity index (χ3n) is 4.99. The van der Waals surface area contributed by atoms with Gasteiger partial charge in [0, 0.05) is 56.5 Å². The van der Waals surface area contributed by atoms with Crippen LogP contribution in [0.4, 0.5) is 8.78 Å². The summed E-state index contributed by atoms with van der Waals surface area (Å²) < 4.78 is 32.5. The molecule has 152 valence electrons. The minimum Gasteiger partial charge on any atom is -0.441 e. The van der Waals surface area contributed by atoms with Crippen molar-refractivity contribution in [1.29, 1.82) is 0 Å². The number of aromatic nitrogens is 1. The minimum absolute atomic E-state index is 0.0634. The summed E-state index contributed by atoms with van der Waals surface area (Å²) in [7, 11) is 0. The highest BCUT2D eigenvalue weighted by Crippen LogP contribution is 2.24. The molecule has 0 saturated carbocycles. The molecule has 0 N–H and O–H groups in total. The fourth-order valence-electron chi connectivity index (χ4n) is 3.39. The molecule has 0 spiro atoms. The number of halogens is 2. The van der Waals surface area contributed by atoms with E-state index in [1.807, 2.05) is 4.90 Å². The second-order valence-corrected chi connectivity index (χ2v) is 8.01. The molecule has 5 nitrogen and oxygen atoms in total. The number of carbonyl (C=O) groups excluding carboxylic acids is 1. The fourth-order valence-corrected chi connectivity index (χ4v) is 4.14. The molecule has 1 fully saturated rings. The largest absolute Gasteiger partial charge is 0.441 e. The zero-order chi connectivity index (χ0) is 20.2. The summed E-state index contributed by atoms with van der Waals surface area (Å²) in [5.41, 5.74) is 0.151. The molecule has 1 aliphatic rings. The van der Waals surface area contributed by atoms with Gasteiger partial charge in [-0.15, -0.1) is 11.3 Å². The Labute approximate surface area is 171 Å². The standard InChI is InChI=1S/C21H21F2N3O2S/c22-15-3-4-17(18(23)12-15)19-13-24-20(28-19)5-6-21(27)26-9-7-25(8-10-26)14-16-2-1-11-29-16/h1-4,11-13H,5-10,14H2. The third-order valence-corrected chi connectivity index (χ3v) is 5.85. The molecule has 0 unspecified atom stereocenters. The smallest absolute Gasteiger partial charge is 0.223 e. The third kappa shape index (κ3) is 4.89. The summed E-state index contributed by atoms with van der Waals surface area (Å²) in [6, 6.07) is 7.47. The number of hydrogen-bond acceptors (Lipinski definition) is 5. The van der Waals surface area contributed by atoms with E-state index in [-0.39, 0.29) is 23.7 Å². The highest BCUT2D eigenvalue weighted by Gasteiger charge is 2.22. The first kappa shape index (κ1) is 19.7. The average Bonchev–Trinajstić information content (AvgIpc) is 3.39. The van der Waals surface area contributed by atoms with Crippen LogP contribution in [0.1, 0.15) is 17.2 Å². The van der Waals surface area contributed by atoms with Gasteiger partial charge in [-0.25, -0.2) is 13.8 Å². The molecule has 1 aliphatic heterocycles. The van der Waals surface area contributed by atoms with Crippen LogP contribution < -0.4 is 0 Å². The van der Waals surface area contributed by atoms with Gasteiger partial charge in [-0.05, 0) is 23.6 Å². The van der Waals surface area contributed by atoms with Crippen LogP contribution in [0.5, 0.6) is 0 Å². The molecule has 1 aromatic carbocycles. The first-order chi connectivity index (χ1) is 14.1. The predicted molar refractivity (Wildman–Crippen MR) is 106 cm³/mol. The number of aryl methyl sites for hydroxylation is 1. The summed E-state index contributed by atoms with van der Waals surface area (Å²) in [5, 5.41) is 2.08. The molecule has 0 atom stereocenters. The van der Waals surface area contributed by atoms with E-state index < -0.39 is 11.6 Å². The summed E-state index contributed by atoms with van der Waals surface area (Å²) in [5.74, 6) is -0.690. The minimum atomic E-state index is -0.704. The number of rotatable bonds is 6. The second kappa shape index (κ2) is 8.84. The molecule has 0 bridgehead atoms. The normalized spacial score (nSPS) is 15.0. The molecular weight excluding hydrogens is 396 g/mol. The molecule has 8 heteroatoms. The lowest BCUT2D eigenvalue weighted by Crippen LogP contribution is -2.48. The quantitative estimate of drug-likeness (QED) is 0.609. The number of oxazole rings is 1. The predicted octanol–water partition coefficient (Wildman–Crippen LogP) is 3.96. The van der Waals surface area contributed by atoms with Gasteiger partial charge in [0.25, 0.3) is 0 Å². The van der Waals surface area contributed by atoms with Crippen molar-refractivity contribution in [3.05, 3.63) is 64.3 Å². The zero-order valence-electron chi connectivity index (χ0n) is 15.8. The van der Waals surface area contributed by atoms with Crippen molar-refractivity contribution in [2.45, 2.75) is 19.4 Å². The van der Waals surface area contributed by atoms with Crippen LogP contribution in [0.3, 0.4) is 0 Å². The maximum atomic E-state index is 13.9. The Kier molecular flexibility index (Phi) is 6.01. The highest BCUT2D eigenvalue weighted by atomic mass is 32.1. The van der Waals surface area contributed by atoms with Crippen LogP contribution in [-0.2, 0) is 17.8 Å². The SMILES string of the molecule is O=C(CCc1ncc(-c2ccc(F)cc2F)o1)N1CCN(Cc2cccs2)CC1. The molecule has 2 aromatic heterocycles. The second-order valence-electron chi connectivity index (χ2n) is 6.98. The van der Waals surface area contributed by atoms with Crippen LogP contribution in [0.15, 0.2) is 46.3 Å². The lowest BCUT2D eigenvalue weighted by Gasteiger charge is -2.34. The number of hydrogen-bond donors (Lipinski definition) is 0. The van der Waals surface area contributed by atoms with Gasteiger partial charge in [0.1, 0.15) is 11.6 Å². The zero-order valence-corrected chi connectivity index (χ0v) is 16.6. The molecule has 29 heavy (non-hydrogen) atoms. The Bertz CT molecular complexity index is 966. The van der Waals surface area contributed by atoms with E-state index in [0.29, 0.717) is 25.4 Å². The Morgan fingerprint density at radius 3 is 2.72 bits per heavy atom. The van der Waals surface area contributed by atoms with Crippen LogP contribution in [0.25, 0.3) is 11.3 Å². The van der Waals surface area contributed by atoms with Crippen molar-refractivity contribution in [3.8, 4) is 11.3 Å². The van der Waals surface area contributed by atoms with Crippen molar-refractivity contribution in [1.82, 2.24) is 14.8 Å². The van der Waals surface area contributed by atoms with Gasteiger partial charge in [-0.2, -0.15) is 0 Å². The van der Waals surface area contributed by atoms with E-state index in [9.17, 15) is 13.6 Å². The molecule has 3 heterocycles. The van der Waals surface area contributed by atoms with Gasteiger partial charge < -0.3 is 9.32 Å². The van der Waals surface area contributed by atoms with E-state index in [1.54, 1.807) is 11.3 Å². The number of piperazine rings is 1. The summed E-state index contributed by atoms with van der Waals surface area (Å²) >= 11 is 1.75. The van der Waals surface area contributed by atoms with E-state index in [0.717, 1.165) is 25.7 Å². The molecule has 3 aromatic rings. The first-order valence-electron chi connectivity index (χ1n) is 9.51. The summed E-state index contributed by atoms with van der Waals surface area (Å²) in [6.45, 7) is 4.07. The molecule has 4 rings (SSSR count). The summed E-state index contributed by atoms with van der Waals surface area (Å²) in [6.07, 6.45) is 2.04. The van der Waals surface area contributed by atoms with E-state index in [2.05, 4.69) is 27.4 Å². The molecule has 0 aliphatic carbocycles. The topological polar surface area (TPSA) is 49.6 Å². The van der Waals surface area contributed by atoms with Gasteiger partial charge in [0.2, 0.25) is 5.91 Å². The number of thiophene rings is 1. The highest BCUT2D eigenvalue weighted by molar-refractivity contribution is 7.09. The fraction of sp³-hybridized carbons (Fsp3) is 0.333. The molecule has 1 amide bonds. The average molecular weight is 417 g/mol. The van der Waals surface area contributed by atoms with Crippen LogP contribution in [0, 0.1) is 11.6 Å². The van der Waals surface area contributed by atoms with Crippen LogP contribution in [0.2, 0.25) is 0 Å². The van der Waals surface area contributed by atoms with Crippen LogP contribution >= 0.6 is 11.3 Å². The lowest BCUT2D eigenvalue weighted by molar-refractivity contribution is -0.133. The number of benzene rings is 1. The van der Waals surface area contributed by atoms with E-state index in [1.165, 1.54) is 23.2 Å². The van der Waals surface area contributed by atoms with Gasteiger partial charge >= 0.3 is 0 Å². The Morgan fingerprint density at radius 1 is 1.17 bits per heavy atom. The molecule has 0 radical (unpaired) electrons.